The van der Waals surface area contributed by atoms with Crippen molar-refractivity contribution in [1.29, 1.82) is 0 Å². The van der Waals surface area contributed by atoms with E-state index in [0.29, 0.717) is 24.6 Å². The maximum absolute atomic E-state index is 11.6. The summed E-state index contributed by atoms with van der Waals surface area (Å²) < 4.78 is 23.1. The Balaban J connectivity index is 1.90. The first kappa shape index (κ1) is 12.8. The Morgan fingerprint density at radius 2 is 1.94 bits per heavy atom. The fourth-order valence-electron chi connectivity index (χ4n) is 2.92. The molecule has 0 saturated carbocycles. The van der Waals surface area contributed by atoms with Gasteiger partial charge in [0, 0.05) is 0 Å². The summed E-state index contributed by atoms with van der Waals surface area (Å²) >= 11 is 0. The van der Waals surface area contributed by atoms with E-state index in [1.54, 1.807) is 0 Å². The molecule has 2 aliphatic heterocycles. The number of rotatable bonds is 2. The van der Waals surface area contributed by atoms with E-state index in [1.807, 2.05) is 0 Å². The fraction of sp³-hybridized carbons (Fsp3) is 0.909. The van der Waals surface area contributed by atoms with Crippen LogP contribution in [0.4, 0.5) is 0 Å². The lowest BCUT2D eigenvalue weighted by atomic mass is 9.82. The predicted molar refractivity (Wildman–Crippen MR) is 63.5 cm³/mol. The van der Waals surface area contributed by atoms with E-state index < -0.39 is 21.8 Å². The minimum atomic E-state index is -2.86. The highest BCUT2D eigenvalue weighted by atomic mass is 32.2. The van der Waals surface area contributed by atoms with Crippen LogP contribution in [-0.2, 0) is 14.6 Å². The first-order valence-corrected chi connectivity index (χ1v) is 7.97. The third-order valence-corrected chi connectivity index (χ3v) is 5.76. The van der Waals surface area contributed by atoms with E-state index in [2.05, 4.69) is 5.32 Å². The quantitative estimate of drug-likeness (QED) is 0.745. The molecule has 2 rings (SSSR count). The Labute approximate surface area is 102 Å². The summed E-state index contributed by atoms with van der Waals surface area (Å²) in [7, 11) is -2.86. The molecule has 0 aromatic heterocycles. The van der Waals surface area contributed by atoms with Crippen molar-refractivity contribution in [3.63, 3.8) is 0 Å². The molecule has 3 atom stereocenters. The lowest BCUT2D eigenvalue weighted by Crippen LogP contribution is -2.47. The van der Waals surface area contributed by atoms with Gasteiger partial charge in [-0.2, -0.15) is 0 Å². The second-order valence-electron chi connectivity index (χ2n) is 5.15. The van der Waals surface area contributed by atoms with E-state index in [9.17, 15) is 13.2 Å². The van der Waals surface area contributed by atoms with Crippen molar-refractivity contribution in [1.82, 2.24) is 5.32 Å². The van der Waals surface area contributed by atoms with E-state index in [-0.39, 0.29) is 11.7 Å². The number of carboxylic acid groups (broad SMARTS) is 1. The van der Waals surface area contributed by atoms with Gasteiger partial charge in [-0.15, -0.1) is 0 Å². The zero-order chi connectivity index (χ0) is 12.5. The smallest absolute Gasteiger partial charge is 0.320 e. The summed E-state index contributed by atoms with van der Waals surface area (Å²) in [5.41, 5.74) is 0. The Morgan fingerprint density at radius 1 is 1.18 bits per heavy atom. The van der Waals surface area contributed by atoms with Crippen LogP contribution in [0.3, 0.4) is 0 Å². The molecular formula is C11H19NO4S. The summed E-state index contributed by atoms with van der Waals surface area (Å²) in [6.45, 7) is 0.636. The minimum Gasteiger partial charge on any atom is -0.480 e. The van der Waals surface area contributed by atoms with Crippen LogP contribution in [0, 0.1) is 11.8 Å². The number of hydrogen-bond donors (Lipinski definition) is 2. The number of piperidine rings is 1. The molecule has 2 fully saturated rings. The monoisotopic (exact) mass is 261 g/mol. The van der Waals surface area contributed by atoms with Crippen LogP contribution in [0.1, 0.15) is 25.7 Å². The number of carbonyl (C=O) groups is 1. The minimum absolute atomic E-state index is 0.219. The molecule has 6 heteroatoms. The van der Waals surface area contributed by atoms with Gasteiger partial charge in [0.25, 0.3) is 0 Å². The number of nitrogens with one attached hydrogen (secondary N) is 1. The maximum Gasteiger partial charge on any atom is 0.320 e. The van der Waals surface area contributed by atoms with Crippen LogP contribution in [-0.4, -0.2) is 43.6 Å². The molecule has 5 nitrogen and oxygen atoms in total. The van der Waals surface area contributed by atoms with Crippen molar-refractivity contribution in [2.45, 2.75) is 31.7 Å². The van der Waals surface area contributed by atoms with E-state index in [1.165, 1.54) is 0 Å². The molecule has 0 aromatic rings. The Morgan fingerprint density at radius 3 is 2.47 bits per heavy atom. The molecule has 0 aliphatic carbocycles. The van der Waals surface area contributed by atoms with Gasteiger partial charge in [0.15, 0.2) is 9.84 Å². The summed E-state index contributed by atoms with van der Waals surface area (Å²) in [5.74, 6) is 0.342. The van der Waals surface area contributed by atoms with E-state index in [4.69, 9.17) is 5.11 Å². The SMILES string of the molecule is O=C(O)C1CCC(C2CCCS(=O)(=O)C2)CN1. The summed E-state index contributed by atoms with van der Waals surface area (Å²) in [4.78, 5) is 10.8. The Kier molecular flexibility index (Phi) is 3.73. The number of sulfone groups is 1. The van der Waals surface area contributed by atoms with Gasteiger partial charge in [0.05, 0.1) is 11.5 Å². The second-order valence-corrected chi connectivity index (χ2v) is 7.38. The van der Waals surface area contributed by atoms with Crippen molar-refractivity contribution < 1.29 is 18.3 Å². The molecule has 17 heavy (non-hydrogen) atoms. The average Bonchev–Trinajstić information content (AvgIpc) is 2.28. The molecule has 98 valence electrons. The van der Waals surface area contributed by atoms with Gasteiger partial charge in [-0.25, -0.2) is 8.42 Å². The van der Waals surface area contributed by atoms with Crippen molar-refractivity contribution in [2.75, 3.05) is 18.1 Å². The van der Waals surface area contributed by atoms with Gasteiger partial charge < -0.3 is 10.4 Å². The molecule has 2 saturated heterocycles. The number of aliphatic carboxylic acids is 1. The first-order chi connectivity index (χ1) is 7.98. The van der Waals surface area contributed by atoms with Crippen molar-refractivity contribution in [2.24, 2.45) is 11.8 Å². The van der Waals surface area contributed by atoms with Gasteiger partial charge in [-0.1, -0.05) is 0 Å². The van der Waals surface area contributed by atoms with E-state index >= 15 is 0 Å². The summed E-state index contributed by atoms with van der Waals surface area (Å²) in [6.07, 6.45) is 3.15. The van der Waals surface area contributed by atoms with Crippen molar-refractivity contribution in [3.8, 4) is 0 Å². The zero-order valence-corrected chi connectivity index (χ0v) is 10.6. The summed E-state index contributed by atoms with van der Waals surface area (Å²) in [5, 5.41) is 11.9. The van der Waals surface area contributed by atoms with Crippen LogP contribution in [0.15, 0.2) is 0 Å². The van der Waals surface area contributed by atoms with Crippen LogP contribution >= 0.6 is 0 Å². The third kappa shape index (κ3) is 3.19. The van der Waals surface area contributed by atoms with Crippen LogP contribution in [0.5, 0.6) is 0 Å². The van der Waals surface area contributed by atoms with Gasteiger partial charge in [0.2, 0.25) is 0 Å². The Bertz CT molecular complexity index is 384. The van der Waals surface area contributed by atoms with Gasteiger partial charge >= 0.3 is 5.97 Å². The molecule has 0 spiro atoms. The molecule has 0 aromatic carbocycles. The highest BCUT2D eigenvalue weighted by molar-refractivity contribution is 7.91. The molecule has 2 heterocycles. The topological polar surface area (TPSA) is 83.5 Å². The highest BCUT2D eigenvalue weighted by Crippen LogP contribution is 2.30. The van der Waals surface area contributed by atoms with Crippen LogP contribution in [0.25, 0.3) is 0 Å². The first-order valence-electron chi connectivity index (χ1n) is 6.14. The van der Waals surface area contributed by atoms with Gasteiger partial charge in [-0.3, -0.25) is 4.79 Å². The molecule has 0 radical (unpaired) electrons. The van der Waals surface area contributed by atoms with Crippen LogP contribution < -0.4 is 5.32 Å². The average molecular weight is 261 g/mol. The van der Waals surface area contributed by atoms with E-state index in [0.717, 1.165) is 19.3 Å². The Hall–Kier alpha value is -0.620. The van der Waals surface area contributed by atoms with Gasteiger partial charge in [-0.05, 0) is 44.1 Å². The third-order valence-electron chi connectivity index (χ3n) is 3.92. The van der Waals surface area contributed by atoms with Crippen molar-refractivity contribution >= 4 is 15.8 Å². The summed E-state index contributed by atoms with van der Waals surface area (Å²) in [6, 6.07) is -0.452. The maximum atomic E-state index is 11.6. The van der Waals surface area contributed by atoms with Crippen LogP contribution in [0.2, 0.25) is 0 Å². The predicted octanol–water partition coefficient (Wildman–Crippen LogP) is 0.264. The van der Waals surface area contributed by atoms with Gasteiger partial charge in [0.1, 0.15) is 6.04 Å². The largest absolute Gasteiger partial charge is 0.480 e. The molecule has 3 unspecified atom stereocenters. The zero-order valence-electron chi connectivity index (χ0n) is 9.76. The van der Waals surface area contributed by atoms with Crippen molar-refractivity contribution in [3.05, 3.63) is 0 Å². The lowest BCUT2D eigenvalue weighted by Gasteiger charge is -2.35. The molecule has 2 aliphatic rings. The standard InChI is InChI=1S/C11H19NO4S/c13-11(14)10-4-3-8(6-12-10)9-2-1-5-17(15,16)7-9/h8-10,12H,1-7H2,(H,13,14). The lowest BCUT2D eigenvalue weighted by molar-refractivity contribution is -0.140. The second kappa shape index (κ2) is 4.94. The molecular weight excluding hydrogens is 242 g/mol. The number of hydrogen-bond acceptors (Lipinski definition) is 4. The highest BCUT2D eigenvalue weighted by Gasteiger charge is 2.34. The molecule has 2 N–H and O–H groups in total. The molecule has 0 bridgehead atoms. The normalized spacial score (nSPS) is 37.5. The number of carboxylic acids is 1. The molecule has 0 amide bonds. The fourth-order valence-corrected chi connectivity index (χ4v) is 4.79.